The van der Waals surface area contributed by atoms with Crippen LogP contribution in [0.1, 0.15) is 30.8 Å². The monoisotopic (exact) mass is 496 g/mol. The Balaban J connectivity index is 1.26. The predicted molar refractivity (Wildman–Crippen MR) is 145 cm³/mol. The van der Waals surface area contributed by atoms with Crippen molar-refractivity contribution in [2.45, 2.75) is 39.0 Å². The van der Waals surface area contributed by atoms with Gasteiger partial charge >= 0.3 is 0 Å². The number of aromatic amines is 2. The maximum absolute atomic E-state index is 5.83. The molecular formula is C28H32N8O. The molecule has 9 heteroatoms. The normalized spacial score (nSPS) is 16.8. The lowest BCUT2D eigenvalue weighted by Gasteiger charge is -2.23. The molecular weight excluding hydrogens is 464 g/mol. The van der Waals surface area contributed by atoms with Gasteiger partial charge in [0.05, 0.1) is 29.8 Å². The zero-order chi connectivity index (χ0) is 25.2. The molecule has 4 aromatic heterocycles. The van der Waals surface area contributed by atoms with Crippen LogP contribution in [0.5, 0.6) is 0 Å². The highest BCUT2D eigenvalue weighted by Gasteiger charge is 2.20. The molecule has 1 aliphatic rings. The van der Waals surface area contributed by atoms with Crippen molar-refractivity contribution in [3.63, 3.8) is 0 Å². The van der Waals surface area contributed by atoms with Crippen LogP contribution in [0.2, 0.25) is 0 Å². The molecule has 6 rings (SSSR count). The minimum absolute atomic E-state index is 0.00795. The van der Waals surface area contributed by atoms with Crippen LogP contribution in [0, 0.1) is 6.92 Å². The Labute approximate surface area is 215 Å². The van der Waals surface area contributed by atoms with E-state index >= 15 is 0 Å². The number of rotatable bonds is 8. The van der Waals surface area contributed by atoms with E-state index in [-0.39, 0.29) is 12.1 Å². The van der Waals surface area contributed by atoms with Gasteiger partial charge in [-0.3, -0.25) is 4.68 Å². The summed E-state index contributed by atoms with van der Waals surface area (Å²) < 4.78 is 7.81. The van der Waals surface area contributed by atoms with Gasteiger partial charge in [-0.05, 0) is 38.0 Å². The second kappa shape index (κ2) is 10.2. The number of aryl methyl sites for hydroxylation is 2. The van der Waals surface area contributed by atoms with Crippen molar-refractivity contribution >= 4 is 16.9 Å². The van der Waals surface area contributed by atoms with E-state index in [0.29, 0.717) is 0 Å². The van der Waals surface area contributed by atoms with Crippen LogP contribution in [-0.4, -0.2) is 55.5 Å². The van der Waals surface area contributed by atoms with Crippen molar-refractivity contribution < 1.29 is 4.74 Å². The van der Waals surface area contributed by atoms with Gasteiger partial charge < -0.3 is 25.3 Å². The summed E-state index contributed by atoms with van der Waals surface area (Å²) in [6, 6.07) is 14.7. The van der Waals surface area contributed by atoms with Crippen LogP contribution in [0.3, 0.4) is 0 Å². The lowest BCUT2D eigenvalue weighted by molar-refractivity contribution is 0.0205. The molecule has 0 radical (unpaired) electrons. The van der Waals surface area contributed by atoms with Gasteiger partial charge in [0.2, 0.25) is 0 Å². The minimum atomic E-state index is -0.00795. The lowest BCUT2D eigenvalue weighted by atomic mass is 10.0. The number of hydrogen-bond acceptors (Lipinski definition) is 6. The van der Waals surface area contributed by atoms with Gasteiger partial charge in [-0.15, -0.1) is 0 Å². The van der Waals surface area contributed by atoms with Gasteiger partial charge in [0.25, 0.3) is 0 Å². The van der Waals surface area contributed by atoms with Crippen LogP contribution in [-0.2, 0) is 11.3 Å². The van der Waals surface area contributed by atoms with Gasteiger partial charge in [-0.25, -0.2) is 9.97 Å². The zero-order valence-electron chi connectivity index (χ0n) is 21.2. The average molecular weight is 497 g/mol. The van der Waals surface area contributed by atoms with Crippen molar-refractivity contribution in [3.8, 4) is 22.4 Å². The molecule has 2 atom stereocenters. The fraction of sp³-hybridized carbons (Fsp3) is 0.321. The number of morpholine rings is 1. The van der Waals surface area contributed by atoms with Crippen LogP contribution in [0.25, 0.3) is 33.4 Å². The molecule has 0 amide bonds. The van der Waals surface area contributed by atoms with Gasteiger partial charge in [0, 0.05) is 54.5 Å². The Kier molecular flexibility index (Phi) is 6.46. The van der Waals surface area contributed by atoms with Gasteiger partial charge in [0.15, 0.2) is 0 Å². The largest absolute Gasteiger partial charge is 0.376 e. The molecule has 0 saturated carbocycles. The number of H-pyrrole nitrogens is 2. The molecule has 190 valence electrons. The fourth-order valence-corrected chi connectivity index (χ4v) is 5.07. The third-order valence-corrected chi connectivity index (χ3v) is 6.92. The molecule has 0 spiro atoms. The average Bonchev–Trinajstić information content (AvgIpc) is 3.67. The van der Waals surface area contributed by atoms with Crippen LogP contribution in [0.4, 0.5) is 5.82 Å². The van der Waals surface area contributed by atoms with E-state index in [1.807, 2.05) is 29.2 Å². The highest BCUT2D eigenvalue weighted by Crippen LogP contribution is 2.35. The lowest BCUT2D eigenvalue weighted by Crippen LogP contribution is -2.38. The van der Waals surface area contributed by atoms with Crippen LogP contribution in [0.15, 0.2) is 61.2 Å². The predicted octanol–water partition coefficient (Wildman–Crippen LogP) is 4.68. The van der Waals surface area contributed by atoms with Crippen molar-refractivity contribution in [2.75, 3.05) is 25.0 Å². The number of nitrogens with one attached hydrogen (secondary N) is 4. The smallest absolute Gasteiger partial charge is 0.143 e. The van der Waals surface area contributed by atoms with E-state index < -0.39 is 0 Å². The first-order valence-electron chi connectivity index (χ1n) is 12.9. The fourth-order valence-electron chi connectivity index (χ4n) is 5.07. The highest BCUT2D eigenvalue weighted by molar-refractivity contribution is 6.00. The molecule has 0 aliphatic carbocycles. The minimum Gasteiger partial charge on any atom is -0.376 e. The molecule has 5 aromatic rings. The Morgan fingerprint density at radius 3 is 2.89 bits per heavy atom. The highest BCUT2D eigenvalue weighted by atomic mass is 16.5. The molecule has 1 saturated heterocycles. The van der Waals surface area contributed by atoms with Gasteiger partial charge in [-0.2, -0.15) is 5.10 Å². The summed E-state index contributed by atoms with van der Waals surface area (Å²) in [5, 5.41) is 12.8. The number of ether oxygens (including phenoxy) is 1. The van der Waals surface area contributed by atoms with Crippen molar-refractivity contribution in [2.24, 2.45) is 0 Å². The van der Waals surface area contributed by atoms with Crippen molar-refractivity contribution in [3.05, 3.63) is 72.6 Å². The molecule has 1 fully saturated rings. The van der Waals surface area contributed by atoms with E-state index in [1.165, 1.54) is 11.1 Å². The van der Waals surface area contributed by atoms with E-state index in [0.717, 1.165) is 72.2 Å². The van der Waals surface area contributed by atoms with E-state index in [2.05, 4.69) is 74.7 Å². The maximum Gasteiger partial charge on any atom is 0.143 e. The molecule has 1 aromatic carbocycles. The van der Waals surface area contributed by atoms with Gasteiger partial charge in [0.1, 0.15) is 17.8 Å². The maximum atomic E-state index is 5.83. The standard InChI is InChI=1S/C28H32N8O/c1-18-14-22(20-6-4-3-5-7-20)26(33-18)19(2)34-28-25-23(16-30-27(25)31-17-32-28)24-9-12-36(35-24)11-8-21-15-29-10-13-37-21/h3-7,9,12,14,16-17,19,21,29,33H,8,10-11,13,15H2,1-2H3,(H2,30,31,32,34). The summed E-state index contributed by atoms with van der Waals surface area (Å²) in [5.41, 5.74) is 7.26. The summed E-state index contributed by atoms with van der Waals surface area (Å²) in [6.45, 7) is 7.64. The number of fused-ring (bicyclic) bond motifs is 1. The van der Waals surface area contributed by atoms with Crippen molar-refractivity contribution in [1.82, 2.24) is 35.0 Å². The van der Waals surface area contributed by atoms with E-state index in [4.69, 9.17) is 9.84 Å². The SMILES string of the molecule is Cc1cc(-c2ccccc2)c(C(C)Nc2ncnc3[nH]cc(-c4ccn(CCC5CNCCO5)n4)c23)[nH]1. The van der Waals surface area contributed by atoms with Crippen molar-refractivity contribution in [1.29, 1.82) is 0 Å². The molecule has 4 N–H and O–H groups in total. The Morgan fingerprint density at radius 2 is 2.05 bits per heavy atom. The number of anilines is 1. The zero-order valence-corrected chi connectivity index (χ0v) is 21.2. The second-order valence-corrected chi connectivity index (χ2v) is 9.61. The summed E-state index contributed by atoms with van der Waals surface area (Å²) in [4.78, 5) is 15.9. The third kappa shape index (κ3) is 4.87. The number of aromatic nitrogens is 6. The number of benzene rings is 1. The summed E-state index contributed by atoms with van der Waals surface area (Å²) >= 11 is 0. The quantitative estimate of drug-likeness (QED) is 0.249. The summed E-state index contributed by atoms with van der Waals surface area (Å²) in [7, 11) is 0. The van der Waals surface area contributed by atoms with Crippen LogP contribution < -0.4 is 10.6 Å². The molecule has 37 heavy (non-hydrogen) atoms. The second-order valence-electron chi connectivity index (χ2n) is 9.61. The summed E-state index contributed by atoms with van der Waals surface area (Å²) in [5.74, 6) is 0.774. The van der Waals surface area contributed by atoms with Gasteiger partial charge in [-0.1, -0.05) is 30.3 Å². The summed E-state index contributed by atoms with van der Waals surface area (Å²) in [6.07, 6.45) is 6.74. The molecule has 2 unspecified atom stereocenters. The van der Waals surface area contributed by atoms with E-state index in [1.54, 1.807) is 6.33 Å². The third-order valence-electron chi connectivity index (χ3n) is 6.92. The molecule has 1 aliphatic heterocycles. The first-order valence-corrected chi connectivity index (χ1v) is 12.9. The first kappa shape index (κ1) is 23.4. The molecule has 0 bridgehead atoms. The Morgan fingerprint density at radius 1 is 1.16 bits per heavy atom. The first-order chi connectivity index (χ1) is 18.2. The Bertz CT molecular complexity index is 1480. The Hall–Kier alpha value is -3.95. The van der Waals surface area contributed by atoms with E-state index in [9.17, 15) is 0 Å². The number of hydrogen-bond donors (Lipinski definition) is 4. The van der Waals surface area contributed by atoms with Crippen LogP contribution >= 0.6 is 0 Å². The number of nitrogens with zero attached hydrogens (tertiary/aromatic N) is 4. The topological polar surface area (TPSA) is 108 Å². The molecule has 5 heterocycles. The molecule has 9 nitrogen and oxygen atoms in total.